The van der Waals surface area contributed by atoms with Gasteiger partial charge >= 0.3 is 0 Å². The Labute approximate surface area is 204 Å². The Morgan fingerprint density at radius 2 is 1.68 bits per heavy atom. The highest BCUT2D eigenvalue weighted by Gasteiger charge is 2.14. The molecule has 6 nitrogen and oxygen atoms in total. The Kier molecular flexibility index (Phi) is 8.09. The maximum atomic E-state index is 12.6. The van der Waals surface area contributed by atoms with Crippen molar-refractivity contribution in [1.82, 2.24) is 14.9 Å². The van der Waals surface area contributed by atoms with E-state index < -0.39 is 0 Å². The van der Waals surface area contributed by atoms with Gasteiger partial charge in [0.25, 0.3) is 0 Å². The van der Waals surface area contributed by atoms with Crippen molar-refractivity contribution in [2.75, 3.05) is 25.5 Å². The van der Waals surface area contributed by atoms with Gasteiger partial charge in [0, 0.05) is 12.2 Å². The molecule has 1 aromatic heterocycles. The van der Waals surface area contributed by atoms with Gasteiger partial charge in [-0.2, -0.15) is 0 Å². The molecule has 7 heteroatoms. The van der Waals surface area contributed by atoms with E-state index in [0.717, 1.165) is 38.9 Å². The molecule has 0 aliphatic rings. The number of thioether (sulfide) groups is 1. The molecular formula is C27H29N3O3S. The van der Waals surface area contributed by atoms with Crippen LogP contribution in [-0.2, 0) is 11.2 Å². The zero-order valence-corrected chi connectivity index (χ0v) is 20.3. The maximum Gasteiger partial charge on any atom is 0.230 e. The van der Waals surface area contributed by atoms with Gasteiger partial charge in [0.15, 0.2) is 16.7 Å². The van der Waals surface area contributed by atoms with Crippen LogP contribution in [0, 0.1) is 0 Å². The smallest absolute Gasteiger partial charge is 0.230 e. The summed E-state index contributed by atoms with van der Waals surface area (Å²) in [5.74, 6) is 1.76. The minimum absolute atomic E-state index is 0.0207. The first kappa shape index (κ1) is 23.7. The number of carbonyl (C=O) groups excluding carboxylic acids is 1. The third-order valence-corrected chi connectivity index (χ3v) is 6.16. The number of hydrogen-bond donors (Lipinski definition) is 1. The highest BCUT2D eigenvalue weighted by atomic mass is 32.2. The molecule has 34 heavy (non-hydrogen) atoms. The summed E-state index contributed by atoms with van der Waals surface area (Å²) in [6, 6.07) is 24.0. The number of benzene rings is 3. The number of imidazole rings is 1. The number of carbonyl (C=O) groups is 1. The van der Waals surface area contributed by atoms with E-state index in [1.54, 1.807) is 0 Å². The summed E-state index contributed by atoms with van der Waals surface area (Å²) in [6.07, 6.45) is 0.714. The molecule has 176 valence electrons. The van der Waals surface area contributed by atoms with Gasteiger partial charge in [-0.25, -0.2) is 4.98 Å². The van der Waals surface area contributed by atoms with Crippen molar-refractivity contribution in [2.24, 2.45) is 0 Å². The first-order valence-electron chi connectivity index (χ1n) is 11.5. The number of nitrogens with one attached hydrogen (secondary N) is 1. The number of hydrogen-bond acceptors (Lipinski definition) is 5. The highest BCUT2D eigenvalue weighted by Crippen LogP contribution is 2.29. The average molecular weight is 476 g/mol. The van der Waals surface area contributed by atoms with E-state index in [0.29, 0.717) is 31.9 Å². The van der Waals surface area contributed by atoms with E-state index in [-0.39, 0.29) is 5.91 Å². The fraction of sp³-hybridized carbons (Fsp3) is 0.259. The molecule has 1 amide bonds. The fourth-order valence-electron chi connectivity index (χ4n) is 3.71. The molecule has 3 aromatic carbocycles. The van der Waals surface area contributed by atoms with E-state index in [9.17, 15) is 4.79 Å². The Balaban J connectivity index is 1.37. The lowest BCUT2D eigenvalue weighted by atomic mass is 10.1. The van der Waals surface area contributed by atoms with E-state index in [4.69, 9.17) is 14.5 Å². The lowest BCUT2D eigenvalue weighted by Gasteiger charge is -2.12. The molecule has 4 aromatic rings. The number of nitrogens with zero attached hydrogens (tertiary/aromatic N) is 2. The van der Waals surface area contributed by atoms with Gasteiger partial charge in [0.05, 0.1) is 30.0 Å². The molecule has 0 aliphatic carbocycles. The topological polar surface area (TPSA) is 65.4 Å². The normalized spacial score (nSPS) is 10.9. The predicted molar refractivity (Wildman–Crippen MR) is 137 cm³/mol. The molecule has 0 radical (unpaired) electrons. The van der Waals surface area contributed by atoms with E-state index >= 15 is 0 Å². The number of para-hydroxylation sites is 3. The monoisotopic (exact) mass is 475 g/mol. The second-order valence-corrected chi connectivity index (χ2v) is 8.53. The van der Waals surface area contributed by atoms with Crippen molar-refractivity contribution >= 4 is 28.7 Å². The van der Waals surface area contributed by atoms with Gasteiger partial charge in [-0.05, 0) is 62.2 Å². The molecule has 1 heterocycles. The van der Waals surface area contributed by atoms with Gasteiger partial charge in [0.2, 0.25) is 5.91 Å². The average Bonchev–Trinajstić information content (AvgIpc) is 3.23. The molecule has 0 saturated carbocycles. The molecule has 0 bridgehead atoms. The van der Waals surface area contributed by atoms with Gasteiger partial charge in [-0.15, -0.1) is 0 Å². The number of fused-ring (bicyclic) bond motifs is 1. The Morgan fingerprint density at radius 1 is 0.941 bits per heavy atom. The number of amides is 1. The van der Waals surface area contributed by atoms with Crippen molar-refractivity contribution in [2.45, 2.75) is 25.4 Å². The summed E-state index contributed by atoms with van der Waals surface area (Å²) >= 11 is 1.44. The van der Waals surface area contributed by atoms with Crippen molar-refractivity contribution < 1.29 is 14.3 Å². The van der Waals surface area contributed by atoms with Gasteiger partial charge in [-0.3, -0.25) is 9.36 Å². The Bertz CT molecular complexity index is 1240. The summed E-state index contributed by atoms with van der Waals surface area (Å²) in [6.45, 7) is 5.61. The van der Waals surface area contributed by atoms with Crippen LogP contribution >= 0.6 is 11.8 Å². The highest BCUT2D eigenvalue weighted by molar-refractivity contribution is 7.99. The number of aromatic nitrogens is 2. The zero-order valence-electron chi connectivity index (χ0n) is 19.5. The summed E-state index contributed by atoms with van der Waals surface area (Å²) in [5, 5.41) is 3.82. The minimum atomic E-state index is -0.0207. The summed E-state index contributed by atoms with van der Waals surface area (Å²) in [7, 11) is 0. The van der Waals surface area contributed by atoms with Crippen LogP contribution in [0.2, 0.25) is 0 Å². The molecule has 1 N–H and O–H groups in total. The number of rotatable bonds is 11. The zero-order chi connectivity index (χ0) is 23.8. The van der Waals surface area contributed by atoms with Crippen LogP contribution in [0.5, 0.6) is 11.5 Å². The van der Waals surface area contributed by atoms with Crippen LogP contribution in [-0.4, -0.2) is 41.0 Å². The minimum Gasteiger partial charge on any atom is -0.490 e. The quantitative estimate of drug-likeness (QED) is 0.299. The van der Waals surface area contributed by atoms with Crippen molar-refractivity contribution in [3.63, 3.8) is 0 Å². The predicted octanol–water partition coefficient (Wildman–Crippen LogP) is 5.27. The second kappa shape index (κ2) is 11.6. The maximum absolute atomic E-state index is 12.6. The van der Waals surface area contributed by atoms with Gasteiger partial charge in [-0.1, -0.05) is 48.2 Å². The molecule has 0 aliphatic heterocycles. The van der Waals surface area contributed by atoms with Crippen LogP contribution in [0.4, 0.5) is 0 Å². The van der Waals surface area contributed by atoms with E-state index in [2.05, 4.69) is 9.88 Å². The molecule has 0 atom stereocenters. The third kappa shape index (κ3) is 5.72. The Morgan fingerprint density at radius 3 is 2.47 bits per heavy atom. The van der Waals surface area contributed by atoms with Crippen molar-refractivity contribution in [3.05, 3.63) is 78.4 Å². The Hall–Kier alpha value is -3.45. The van der Waals surface area contributed by atoms with Crippen molar-refractivity contribution in [3.8, 4) is 17.2 Å². The second-order valence-electron chi connectivity index (χ2n) is 7.59. The first-order chi connectivity index (χ1) is 16.7. The standard InChI is InChI=1S/C27H29N3O3S/c1-3-32-24-15-14-20(18-25(24)33-4-2)16-17-28-26(31)19-34-27-29-22-12-8-9-13-23(22)30(27)21-10-6-5-7-11-21/h5-15,18H,3-4,16-17,19H2,1-2H3,(H,28,31). The summed E-state index contributed by atoms with van der Waals surface area (Å²) in [4.78, 5) is 17.3. The largest absolute Gasteiger partial charge is 0.490 e. The summed E-state index contributed by atoms with van der Waals surface area (Å²) in [5.41, 5.74) is 4.05. The molecule has 0 fully saturated rings. The van der Waals surface area contributed by atoms with Crippen LogP contribution in [0.15, 0.2) is 78.0 Å². The lowest BCUT2D eigenvalue weighted by molar-refractivity contribution is -0.118. The van der Waals surface area contributed by atoms with Gasteiger partial charge in [0.1, 0.15) is 0 Å². The third-order valence-electron chi connectivity index (χ3n) is 5.22. The molecule has 4 rings (SSSR count). The van der Waals surface area contributed by atoms with Crippen molar-refractivity contribution in [1.29, 1.82) is 0 Å². The molecule has 0 unspecified atom stereocenters. The molecular weight excluding hydrogens is 446 g/mol. The van der Waals surface area contributed by atoms with Gasteiger partial charge < -0.3 is 14.8 Å². The molecule has 0 spiro atoms. The van der Waals surface area contributed by atoms with Crippen LogP contribution in [0.25, 0.3) is 16.7 Å². The van der Waals surface area contributed by atoms with Crippen LogP contribution in [0.1, 0.15) is 19.4 Å². The van der Waals surface area contributed by atoms with Crippen LogP contribution < -0.4 is 14.8 Å². The van der Waals surface area contributed by atoms with Crippen LogP contribution in [0.3, 0.4) is 0 Å². The lowest BCUT2D eigenvalue weighted by Crippen LogP contribution is -2.27. The van der Waals surface area contributed by atoms with E-state index in [1.807, 2.05) is 86.6 Å². The summed E-state index contributed by atoms with van der Waals surface area (Å²) < 4.78 is 13.4. The number of ether oxygens (including phenoxy) is 2. The van der Waals surface area contributed by atoms with E-state index in [1.165, 1.54) is 11.8 Å². The molecule has 0 saturated heterocycles. The SMILES string of the molecule is CCOc1ccc(CCNC(=O)CSc2nc3ccccc3n2-c2ccccc2)cc1OCC. The first-order valence-corrected chi connectivity index (χ1v) is 12.5. The fourth-order valence-corrected chi connectivity index (χ4v) is 4.56.